The predicted molar refractivity (Wildman–Crippen MR) is 54.8 cm³/mol. The van der Waals surface area contributed by atoms with E-state index in [0.717, 1.165) is 5.56 Å². The molecule has 2 heteroatoms. The van der Waals surface area contributed by atoms with Crippen LogP contribution in [-0.2, 0) is 6.42 Å². The van der Waals surface area contributed by atoms with Crippen LogP contribution in [0.5, 0.6) is 0 Å². The van der Waals surface area contributed by atoms with Crippen LogP contribution in [0.4, 0.5) is 5.69 Å². The predicted octanol–water partition coefficient (Wildman–Crippen LogP) is 2.13. The van der Waals surface area contributed by atoms with Crippen LogP contribution in [0.2, 0.25) is 0 Å². The minimum atomic E-state index is 0.500. The molecule has 0 fully saturated rings. The molecule has 0 aliphatic carbocycles. The van der Waals surface area contributed by atoms with Crippen molar-refractivity contribution in [2.75, 3.05) is 19.0 Å². The summed E-state index contributed by atoms with van der Waals surface area (Å²) < 4.78 is 0. The van der Waals surface area contributed by atoms with Gasteiger partial charge in [-0.1, -0.05) is 6.07 Å². The summed E-state index contributed by atoms with van der Waals surface area (Å²) in [4.78, 5) is 2.06. The summed E-state index contributed by atoms with van der Waals surface area (Å²) in [6, 6.07) is 8.33. The van der Waals surface area contributed by atoms with E-state index in [9.17, 15) is 0 Å². The fourth-order valence-electron chi connectivity index (χ4n) is 1.24. The van der Waals surface area contributed by atoms with E-state index < -0.39 is 0 Å². The lowest BCUT2D eigenvalue weighted by molar-refractivity contribution is 1.11. The van der Waals surface area contributed by atoms with Crippen molar-refractivity contribution >= 4 is 5.69 Å². The fourth-order valence-corrected chi connectivity index (χ4v) is 1.24. The molecular weight excluding hydrogens is 160 g/mol. The Balaban J connectivity index is 3.00. The van der Waals surface area contributed by atoms with Crippen molar-refractivity contribution in [2.45, 2.75) is 13.3 Å². The Kier molecular flexibility index (Phi) is 2.92. The van der Waals surface area contributed by atoms with Gasteiger partial charge in [-0.05, 0) is 30.2 Å². The molecule has 0 amide bonds. The van der Waals surface area contributed by atoms with E-state index in [1.165, 1.54) is 11.3 Å². The molecule has 0 bridgehead atoms. The average Bonchev–Trinajstić information content (AvgIpc) is 2.08. The van der Waals surface area contributed by atoms with Gasteiger partial charge in [0.25, 0.3) is 0 Å². The van der Waals surface area contributed by atoms with Gasteiger partial charge in [-0.3, -0.25) is 0 Å². The van der Waals surface area contributed by atoms with Crippen LogP contribution in [0, 0.1) is 18.3 Å². The Labute approximate surface area is 79.4 Å². The summed E-state index contributed by atoms with van der Waals surface area (Å²) in [5.41, 5.74) is 3.49. The lowest BCUT2D eigenvalue weighted by atomic mass is 10.1. The third kappa shape index (κ3) is 2.22. The lowest BCUT2D eigenvalue weighted by Gasteiger charge is -2.14. The molecule has 0 unspecified atom stereocenters. The van der Waals surface area contributed by atoms with Gasteiger partial charge in [0.15, 0.2) is 0 Å². The molecule has 0 saturated heterocycles. The van der Waals surface area contributed by atoms with Crippen LogP contribution in [0.3, 0.4) is 0 Å². The van der Waals surface area contributed by atoms with Gasteiger partial charge < -0.3 is 4.90 Å². The first-order valence-electron chi connectivity index (χ1n) is 4.29. The second-order valence-corrected chi connectivity index (χ2v) is 3.34. The Hall–Kier alpha value is -1.49. The van der Waals surface area contributed by atoms with E-state index in [2.05, 4.69) is 17.0 Å². The Bertz CT molecular complexity index is 334. The van der Waals surface area contributed by atoms with Crippen LogP contribution >= 0.6 is 0 Å². The van der Waals surface area contributed by atoms with E-state index in [4.69, 9.17) is 5.26 Å². The molecule has 0 aliphatic rings. The highest BCUT2D eigenvalue weighted by atomic mass is 15.1. The molecule has 1 aromatic rings. The second kappa shape index (κ2) is 3.95. The number of hydrogen-bond acceptors (Lipinski definition) is 2. The van der Waals surface area contributed by atoms with Gasteiger partial charge in [0, 0.05) is 19.8 Å². The minimum absolute atomic E-state index is 0.500. The summed E-state index contributed by atoms with van der Waals surface area (Å²) in [5, 5.41) is 8.56. The maximum Gasteiger partial charge on any atom is 0.0669 e. The Morgan fingerprint density at radius 3 is 2.54 bits per heavy atom. The van der Waals surface area contributed by atoms with Crippen molar-refractivity contribution < 1.29 is 0 Å². The molecule has 1 aromatic carbocycles. The van der Waals surface area contributed by atoms with Crippen molar-refractivity contribution in [2.24, 2.45) is 0 Å². The van der Waals surface area contributed by atoms with Gasteiger partial charge in [0.2, 0.25) is 0 Å². The number of aryl methyl sites for hydroxylation is 1. The molecule has 0 saturated carbocycles. The van der Waals surface area contributed by atoms with Crippen molar-refractivity contribution in [1.29, 1.82) is 5.26 Å². The van der Waals surface area contributed by atoms with Gasteiger partial charge in [0.1, 0.15) is 0 Å². The summed E-state index contributed by atoms with van der Waals surface area (Å²) in [7, 11) is 4.03. The third-order valence-electron chi connectivity index (χ3n) is 2.11. The van der Waals surface area contributed by atoms with E-state index >= 15 is 0 Å². The molecule has 0 aliphatic heterocycles. The smallest absolute Gasteiger partial charge is 0.0669 e. The number of nitriles is 1. The SMILES string of the molecule is Cc1cc(N(C)C)ccc1CC#N. The van der Waals surface area contributed by atoms with E-state index in [1.54, 1.807) is 0 Å². The summed E-state index contributed by atoms with van der Waals surface area (Å²) in [5.74, 6) is 0. The number of nitrogens with zero attached hydrogens (tertiary/aromatic N) is 2. The van der Waals surface area contributed by atoms with E-state index in [-0.39, 0.29) is 0 Å². The lowest BCUT2D eigenvalue weighted by Crippen LogP contribution is -2.08. The van der Waals surface area contributed by atoms with Gasteiger partial charge in [-0.15, -0.1) is 0 Å². The highest BCUT2D eigenvalue weighted by Crippen LogP contribution is 2.17. The maximum atomic E-state index is 8.56. The van der Waals surface area contributed by atoms with Crippen molar-refractivity contribution in [3.8, 4) is 6.07 Å². The topological polar surface area (TPSA) is 27.0 Å². The first-order chi connectivity index (χ1) is 6.15. The molecule has 13 heavy (non-hydrogen) atoms. The molecule has 68 valence electrons. The van der Waals surface area contributed by atoms with Gasteiger partial charge in [-0.2, -0.15) is 5.26 Å². The fraction of sp³-hybridized carbons (Fsp3) is 0.364. The first-order valence-corrected chi connectivity index (χ1v) is 4.29. The molecule has 0 N–H and O–H groups in total. The normalized spacial score (nSPS) is 9.38. The molecule has 1 rings (SSSR count). The number of benzene rings is 1. The quantitative estimate of drug-likeness (QED) is 0.686. The zero-order chi connectivity index (χ0) is 9.84. The summed E-state index contributed by atoms with van der Waals surface area (Å²) in [6.45, 7) is 2.04. The molecule has 0 heterocycles. The average molecular weight is 174 g/mol. The molecule has 2 nitrogen and oxygen atoms in total. The van der Waals surface area contributed by atoms with Gasteiger partial charge >= 0.3 is 0 Å². The highest BCUT2D eigenvalue weighted by molar-refractivity contribution is 5.49. The molecule has 0 atom stereocenters. The van der Waals surface area contributed by atoms with Crippen LogP contribution in [-0.4, -0.2) is 14.1 Å². The summed E-state index contributed by atoms with van der Waals surface area (Å²) in [6.07, 6.45) is 0.500. The van der Waals surface area contributed by atoms with Crippen LogP contribution < -0.4 is 4.90 Å². The Morgan fingerprint density at radius 1 is 1.38 bits per heavy atom. The van der Waals surface area contributed by atoms with Crippen molar-refractivity contribution in [1.82, 2.24) is 0 Å². The number of rotatable bonds is 2. The maximum absolute atomic E-state index is 8.56. The molecular formula is C11H14N2. The summed E-state index contributed by atoms with van der Waals surface area (Å²) >= 11 is 0. The largest absolute Gasteiger partial charge is 0.378 e. The molecule has 0 radical (unpaired) electrons. The number of hydrogen-bond donors (Lipinski definition) is 0. The van der Waals surface area contributed by atoms with Crippen LogP contribution in [0.25, 0.3) is 0 Å². The standard InChI is InChI=1S/C11H14N2/c1-9-8-11(13(2)3)5-4-10(9)6-7-12/h4-5,8H,6H2,1-3H3. The van der Waals surface area contributed by atoms with Crippen LogP contribution in [0.15, 0.2) is 18.2 Å². The van der Waals surface area contributed by atoms with E-state index in [1.807, 2.05) is 33.2 Å². The molecule has 0 spiro atoms. The van der Waals surface area contributed by atoms with Crippen LogP contribution in [0.1, 0.15) is 11.1 Å². The van der Waals surface area contributed by atoms with Gasteiger partial charge in [-0.25, -0.2) is 0 Å². The first kappa shape index (κ1) is 9.60. The third-order valence-corrected chi connectivity index (χ3v) is 2.11. The van der Waals surface area contributed by atoms with Crippen molar-refractivity contribution in [3.05, 3.63) is 29.3 Å². The van der Waals surface area contributed by atoms with Gasteiger partial charge in [0.05, 0.1) is 12.5 Å². The second-order valence-electron chi connectivity index (χ2n) is 3.34. The Morgan fingerprint density at radius 2 is 2.08 bits per heavy atom. The minimum Gasteiger partial charge on any atom is -0.378 e. The number of anilines is 1. The zero-order valence-electron chi connectivity index (χ0n) is 8.33. The highest BCUT2D eigenvalue weighted by Gasteiger charge is 2.00. The van der Waals surface area contributed by atoms with E-state index in [0.29, 0.717) is 6.42 Å². The van der Waals surface area contributed by atoms with Crippen molar-refractivity contribution in [3.63, 3.8) is 0 Å². The monoisotopic (exact) mass is 174 g/mol. The zero-order valence-corrected chi connectivity index (χ0v) is 8.33. The molecule has 0 aromatic heterocycles.